The number of carbonyl (C=O) groups excluding carboxylic acids is 3. The van der Waals surface area contributed by atoms with E-state index in [9.17, 15) is 14.4 Å². The molecule has 0 spiro atoms. The maximum absolute atomic E-state index is 12.6. The molecule has 2 saturated heterocycles. The van der Waals surface area contributed by atoms with Gasteiger partial charge in [-0.25, -0.2) is 0 Å². The second kappa shape index (κ2) is 8.54. The fraction of sp³-hybridized carbons (Fsp3) is 0.389. The highest BCUT2D eigenvalue weighted by molar-refractivity contribution is 8.18. The van der Waals surface area contributed by atoms with Crippen LogP contribution in [0.3, 0.4) is 0 Å². The number of ether oxygens (including phenoxy) is 1. The van der Waals surface area contributed by atoms with E-state index in [4.69, 9.17) is 27.9 Å². The van der Waals surface area contributed by atoms with Crippen LogP contribution in [0.2, 0.25) is 10.0 Å². The van der Waals surface area contributed by atoms with Gasteiger partial charge in [-0.05, 0) is 49.2 Å². The third kappa shape index (κ3) is 4.42. The summed E-state index contributed by atoms with van der Waals surface area (Å²) in [4.78, 5) is 40.2. The van der Waals surface area contributed by atoms with Gasteiger partial charge in [0.05, 0.1) is 17.0 Å². The summed E-state index contributed by atoms with van der Waals surface area (Å²) in [6, 6.07) is 3.13. The van der Waals surface area contributed by atoms with Crippen molar-refractivity contribution in [2.24, 2.45) is 0 Å². The Balaban J connectivity index is 1.80. The van der Waals surface area contributed by atoms with Gasteiger partial charge in [0.25, 0.3) is 11.1 Å². The van der Waals surface area contributed by atoms with Crippen molar-refractivity contribution in [3.05, 3.63) is 32.6 Å². The van der Waals surface area contributed by atoms with E-state index in [1.165, 1.54) is 19.3 Å². The van der Waals surface area contributed by atoms with Gasteiger partial charge in [-0.1, -0.05) is 23.2 Å². The molecule has 2 aliphatic heterocycles. The summed E-state index contributed by atoms with van der Waals surface area (Å²) in [6.45, 7) is 1.10. The molecule has 2 aliphatic rings. The average Bonchev–Trinajstić information content (AvgIpc) is 2.89. The number of carbonyl (C=O) groups is 3. The van der Waals surface area contributed by atoms with Crippen LogP contribution in [0.4, 0.5) is 4.79 Å². The lowest BCUT2D eigenvalue weighted by Crippen LogP contribution is -2.44. The monoisotopic (exact) mass is 428 g/mol. The quantitative estimate of drug-likeness (QED) is 0.676. The highest BCUT2D eigenvalue weighted by Crippen LogP contribution is 2.37. The van der Waals surface area contributed by atoms with Gasteiger partial charge in [-0.15, -0.1) is 0 Å². The minimum atomic E-state index is -0.506. The van der Waals surface area contributed by atoms with E-state index in [2.05, 4.69) is 0 Å². The van der Waals surface area contributed by atoms with Crippen LogP contribution in [0, 0.1) is 0 Å². The number of hydrogen-bond acceptors (Lipinski definition) is 5. The minimum Gasteiger partial charge on any atom is -0.495 e. The van der Waals surface area contributed by atoms with Crippen LogP contribution < -0.4 is 4.74 Å². The molecule has 1 aromatic rings. The summed E-state index contributed by atoms with van der Waals surface area (Å²) in [5, 5.41) is 0.214. The highest BCUT2D eigenvalue weighted by Gasteiger charge is 2.37. The van der Waals surface area contributed by atoms with E-state index in [0.29, 0.717) is 34.4 Å². The van der Waals surface area contributed by atoms with E-state index in [-0.39, 0.29) is 17.4 Å². The molecule has 2 fully saturated rings. The summed E-state index contributed by atoms with van der Waals surface area (Å²) in [7, 11) is 1.45. The molecule has 0 unspecified atom stereocenters. The summed E-state index contributed by atoms with van der Waals surface area (Å²) in [5.74, 6) is -0.354. The molecule has 6 nitrogen and oxygen atoms in total. The first-order valence-electron chi connectivity index (χ1n) is 8.47. The zero-order chi connectivity index (χ0) is 19.6. The van der Waals surface area contributed by atoms with Crippen molar-refractivity contribution in [2.45, 2.75) is 19.3 Å². The number of nitrogens with zero attached hydrogens (tertiary/aromatic N) is 2. The first kappa shape index (κ1) is 20.0. The van der Waals surface area contributed by atoms with Gasteiger partial charge >= 0.3 is 0 Å². The van der Waals surface area contributed by atoms with Gasteiger partial charge in [0.2, 0.25) is 5.91 Å². The molecule has 3 amide bonds. The Morgan fingerprint density at radius 1 is 1.22 bits per heavy atom. The Morgan fingerprint density at radius 3 is 2.59 bits per heavy atom. The molecular weight excluding hydrogens is 411 g/mol. The molecule has 27 heavy (non-hydrogen) atoms. The molecule has 3 rings (SSSR count). The van der Waals surface area contributed by atoms with Crippen LogP contribution in [0.5, 0.6) is 5.75 Å². The second-order valence-corrected chi connectivity index (χ2v) is 8.06. The summed E-state index contributed by atoms with van der Waals surface area (Å²) < 4.78 is 5.26. The van der Waals surface area contributed by atoms with Crippen LogP contribution in [-0.2, 0) is 9.59 Å². The van der Waals surface area contributed by atoms with Crippen molar-refractivity contribution < 1.29 is 19.1 Å². The van der Waals surface area contributed by atoms with Crippen LogP contribution in [-0.4, -0.2) is 53.6 Å². The van der Waals surface area contributed by atoms with Gasteiger partial charge < -0.3 is 9.64 Å². The van der Waals surface area contributed by atoms with Crippen molar-refractivity contribution in [2.75, 3.05) is 26.7 Å². The summed E-state index contributed by atoms with van der Waals surface area (Å²) in [5.41, 5.74) is 0.489. The lowest BCUT2D eigenvalue weighted by atomic mass is 10.1. The molecule has 2 heterocycles. The van der Waals surface area contributed by atoms with Gasteiger partial charge in [-0.3, -0.25) is 19.3 Å². The largest absolute Gasteiger partial charge is 0.495 e. The van der Waals surface area contributed by atoms with Gasteiger partial charge in [0, 0.05) is 23.7 Å². The van der Waals surface area contributed by atoms with E-state index < -0.39 is 11.1 Å². The number of thioether (sulfide) groups is 1. The molecule has 9 heteroatoms. The van der Waals surface area contributed by atoms with E-state index in [1.807, 2.05) is 0 Å². The molecule has 0 aliphatic carbocycles. The standard InChI is InChI=1S/C18H18Cl2N2O4S/c1-26-16-11(7-12(19)9-13(16)20)8-14-17(24)22(18(25)27-14)10-15(23)21-5-3-2-4-6-21/h7-9H,2-6,10H2,1H3/b14-8-. The predicted octanol–water partition coefficient (Wildman–Crippen LogP) is 4.05. The number of amides is 3. The molecule has 0 atom stereocenters. The fourth-order valence-electron chi connectivity index (χ4n) is 3.06. The van der Waals surface area contributed by atoms with Crippen LogP contribution in [0.1, 0.15) is 24.8 Å². The summed E-state index contributed by atoms with van der Waals surface area (Å²) >= 11 is 12.9. The maximum atomic E-state index is 12.6. The average molecular weight is 429 g/mol. The second-order valence-electron chi connectivity index (χ2n) is 6.22. The Bertz CT molecular complexity index is 822. The van der Waals surface area contributed by atoms with E-state index in [1.54, 1.807) is 11.0 Å². The Kier molecular flexibility index (Phi) is 6.34. The van der Waals surface area contributed by atoms with Crippen molar-refractivity contribution in [3.8, 4) is 5.75 Å². The molecular formula is C18H18Cl2N2O4S. The minimum absolute atomic E-state index is 0.197. The molecule has 0 saturated carbocycles. The van der Waals surface area contributed by atoms with Crippen LogP contribution in [0.25, 0.3) is 6.08 Å². The van der Waals surface area contributed by atoms with Crippen molar-refractivity contribution in [1.82, 2.24) is 9.80 Å². The highest BCUT2D eigenvalue weighted by atomic mass is 35.5. The summed E-state index contributed by atoms with van der Waals surface area (Å²) in [6.07, 6.45) is 4.50. The first-order chi connectivity index (χ1) is 12.9. The Labute approximate surface area is 171 Å². The van der Waals surface area contributed by atoms with Crippen LogP contribution in [0.15, 0.2) is 17.0 Å². The zero-order valence-corrected chi connectivity index (χ0v) is 17.0. The zero-order valence-electron chi connectivity index (χ0n) is 14.7. The van der Waals surface area contributed by atoms with Gasteiger partial charge in [0.1, 0.15) is 12.3 Å². The SMILES string of the molecule is COc1c(Cl)cc(Cl)cc1/C=C1\SC(=O)N(CC(=O)N2CCCCC2)C1=O. The number of piperidine rings is 1. The lowest BCUT2D eigenvalue weighted by Gasteiger charge is -2.27. The topological polar surface area (TPSA) is 66.9 Å². The number of halogens is 2. The van der Waals surface area contributed by atoms with Gasteiger partial charge in [0.15, 0.2) is 0 Å². The van der Waals surface area contributed by atoms with Gasteiger partial charge in [-0.2, -0.15) is 0 Å². The van der Waals surface area contributed by atoms with Crippen molar-refractivity contribution >= 4 is 58.1 Å². The molecule has 1 aromatic carbocycles. The molecule has 0 radical (unpaired) electrons. The smallest absolute Gasteiger partial charge is 0.294 e. The van der Waals surface area contributed by atoms with E-state index >= 15 is 0 Å². The van der Waals surface area contributed by atoms with Crippen molar-refractivity contribution in [1.29, 1.82) is 0 Å². The van der Waals surface area contributed by atoms with Crippen LogP contribution >= 0.6 is 35.0 Å². The predicted molar refractivity (Wildman–Crippen MR) is 106 cm³/mol. The number of imide groups is 1. The molecule has 0 bridgehead atoms. The number of benzene rings is 1. The lowest BCUT2D eigenvalue weighted by molar-refractivity contribution is -0.136. The fourth-order valence-corrected chi connectivity index (χ4v) is 4.47. The number of likely N-dealkylation sites (tertiary alicyclic amines) is 1. The van der Waals surface area contributed by atoms with E-state index in [0.717, 1.165) is 35.9 Å². The maximum Gasteiger partial charge on any atom is 0.294 e. The number of hydrogen-bond donors (Lipinski definition) is 0. The third-order valence-electron chi connectivity index (χ3n) is 4.40. The third-order valence-corrected chi connectivity index (χ3v) is 5.81. The first-order valence-corrected chi connectivity index (χ1v) is 10.0. The molecule has 0 N–H and O–H groups in total. The normalized spacial score (nSPS) is 19.1. The number of rotatable bonds is 4. The Morgan fingerprint density at radius 2 is 1.93 bits per heavy atom. The Hall–Kier alpha value is -1.70. The molecule has 144 valence electrons. The number of methoxy groups -OCH3 is 1. The molecule has 0 aromatic heterocycles. The van der Waals surface area contributed by atoms with Crippen molar-refractivity contribution in [3.63, 3.8) is 0 Å².